The highest BCUT2D eigenvalue weighted by Crippen LogP contribution is 2.13. The maximum absolute atomic E-state index is 12.1. The molecule has 0 aromatic heterocycles. The van der Waals surface area contributed by atoms with Gasteiger partial charge in [0.1, 0.15) is 6.34 Å². The predicted octanol–water partition coefficient (Wildman–Crippen LogP) is 0.155. The fourth-order valence-electron chi connectivity index (χ4n) is 2.00. The first-order valence-electron chi connectivity index (χ1n) is 7.71. The van der Waals surface area contributed by atoms with Crippen LogP contribution in [0.5, 0.6) is 0 Å². The molecule has 0 saturated carbocycles. The summed E-state index contributed by atoms with van der Waals surface area (Å²) in [4.78, 5) is 38.8. The van der Waals surface area contributed by atoms with Crippen LogP contribution in [0.4, 0.5) is 5.69 Å². The summed E-state index contributed by atoms with van der Waals surface area (Å²) in [6.07, 6.45) is 1.10. The predicted molar refractivity (Wildman–Crippen MR) is 93.3 cm³/mol. The van der Waals surface area contributed by atoms with E-state index in [0.29, 0.717) is 11.3 Å². The molecule has 1 atom stereocenters. The fraction of sp³-hybridized carbons (Fsp3) is 0.375. The molecule has 9 heteroatoms. The zero-order chi connectivity index (χ0) is 18.8. The van der Waals surface area contributed by atoms with Crippen LogP contribution in [0.3, 0.4) is 0 Å². The van der Waals surface area contributed by atoms with E-state index in [0.717, 1.165) is 0 Å². The molecule has 0 aliphatic carbocycles. The Morgan fingerprint density at radius 2 is 2.04 bits per heavy atom. The second kappa shape index (κ2) is 10.0. The number of amides is 2. The van der Waals surface area contributed by atoms with Gasteiger partial charge < -0.3 is 21.2 Å². The van der Waals surface area contributed by atoms with Crippen LogP contribution in [0.2, 0.25) is 0 Å². The van der Waals surface area contributed by atoms with Crippen molar-refractivity contribution in [3.05, 3.63) is 29.8 Å². The summed E-state index contributed by atoms with van der Waals surface area (Å²) >= 11 is 0. The van der Waals surface area contributed by atoms with Crippen LogP contribution < -0.4 is 21.9 Å². The topological polar surface area (TPSA) is 146 Å². The van der Waals surface area contributed by atoms with Gasteiger partial charge in [0.05, 0.1) is 18.7 Å². The summed E-state index contributed by atoms with van der Waals surface area (Å²) < 4.78 is 0. The molecule has 0 saturated heterocycles. The number of aliphatic imine (C=N–C) groups is 1. The number of nitrogens with two attached hydrogens (primary N) is 1. The van der Waals surface area contributed by atoms with E-state index < -0.39 is 23.8 Å². The van der Waals surface area contributed by atoms with Gasteiger partial charge in [0.25, 0.3) is 5.91 Å². The normalized spacial score (nSPS) is 12.0. The standard InChI is InChI=1S/C16H23N5O4/c1-10(2)13(7-15(23)24)21-14(22)8-18-16(25)11-4-3-5-12(6-11)19-9-20-17/h3-6,9-10,13H,7-8,17H2,1-2H3,(H,18,25)(H,19,20)(H,21,22)(H,23,24). The maximum atomic E-state index is 12.1. The third-order valence-electron chi connectivity index (χ3n) is 3.35. The lowest BCUT2D eigenvalue weighted by molar-refractivity contribution is -0.138. The molecule has 2 amide bonds. The molecule has 1 rings (SSSR count). The molecule has 0 spiro atoms. The molecule has 0 bridgehead atoms. The van der Waals surface area contributed by atoms with E-state index in [1.165, 1.54) is 6.34 Å². The second-order valence-corrected chi connectivity index (χ2v) is 5.67. The van der Waals surface area contributed by atoms with Gasteiger partial charge >= 0.3 is 5.97 Å². The first kappa shape index (κ1) is 20.1. The van der Waals surface area contributed by atoms with Crippen LogP contribution in [0, 0.1) is 5.92 Å². The van der Waals surface area contributed by atoms with Gasteiger partial charge in [-0.25, -0.2) is 10.8 Å². The highest BCUT2D eigenvalue weighted by molar-refractivity contribution is 5.97. The number of carbonyl (C=O) groups excluding carboxylic acids is 2. The number of hydrogen-bond donors (Lipinski definition) is 5. The van der Waals surface area contributed by atoms with E-state index >= 15 is 0 Å². The number of rotatable bonds is 9. The van der Waals surface area contributed by atoms with Gasteiger partial charge in [-0.3, -0.25) is 14.4 Å². The van der Waals surface area contributed by atoms with Crippen molar-refractivity contribution >= 4 is 29.8 Å². The molecule has 0 radical (unpaired) electrons. The largest absolute Gasteiger partial charge is 0.481 e. The van der Waals surface area contributed by atoms with Crippen molar-refractivity contribution in [1.29, 1.82) is 0 Å². The van der Waals surface area contributed by atoms with Crippen LogP contribution in [0.1, 0.15) is 30.6 Å². The Bertz CT molecular complexity index is 645. The molecule has 6 N–H and O–H groups in total. The lowest BCUT2D eigenvalue weighted by Crippen LogP contribution is -2.45. The first-order chi connectivity index (χ1) is 11.8. The van der Waals surface area contributed by atoms with Gasteiger partial charge in [0.15, 0.2) is 0 Å². The number of nitrogens with zero attached hydrogens (tertiary/aromatic N) is 1. The molecule has 9 nitrogen and oxygen atoms in total. The van der Waals surface area contributed by atoms with Crippen LogP contribution >= 0.6 is 0 Å². The molecular weight excluding hydrogens is 326 g/mol. The lowest BCUT2D eigenvalue weighted by Gasteiger charge is -2.20. The van der Waals surface area contributed by atoms with E-state index in [-0.39, 0.29) is 18.9 Å². The molecular formula is C16H23N5O4. The van der Waals surface area contributed by atoms with Gasteiger partial charge in [-0.05, 0) is 24.1 Å². The number of benzene rings is 1. The zero-order valence-corrected chi connectivity index (χ0v) is 14.2. The quantitative estimate of drug-likeness (QED) is 0.186. The third kappa shape index (κ3) is 7.44. The number of carboxylic acid groups (broad SMARTS) is 1. The summed E-state index contributed by atoms with van der Waals surface area (Å²) in [6, 6.07) is 5.98. The molecule has 1 aromatic rings. The fourth-order valence-corrected chi connectivity index (χ4v) is 2.00. The smallest absolute Gasteiger partial charge is 0.305 e. The molecule has 0 aliphatic rings. The summed E-state index contributed by atoms with van der Waals surface area (Å²) in [5.41, 5.74) is 3.12. The van der Waals surface area contributed by atoms with Crippen LogP contribution in [0.15, 0.2) is 29.3 Å². The van der Waals surface area contributed by atoms with E-state index in [1.807, 2.05) is 13.8 Å². The average molecular weight is 349 g/mol. The van der Waals surface area contributed by atoms with Gasteiger partial charge in [-0.15, -0.1) is 0 Å². The lowest BCUT2D eigenvalue weighted by atomic mass is 10.0. The molecule has 136 valence electrons. The van der Waals surface area contributed by atoms with Crippen LogP contribution in [-0.2, 0) is 9.59 Å². The Labute approximate surface area is 145 Å². The Morgan fingerprint density at radius 3 is 2.64 bits per heavy atom. The van der Waals surface area contributed by atoms with Crippen molar-refractivity contribution < 1.29 is 19.5 Å². The van der Waals surface area contributed by atoms with Crippen LogP contribution in [-0.4, -0.2) is 41.8 Å². The summed E-state index contributed by atoms with van der Waals surface area (Å²) in [7, 11) is 0. The number of aliphatic carboxylic acids is 1. The van der Waals surface area contributed by atoms with Gasteiger partial charge in [-0.2, -0.15) is 0 Å². The minimum Gasteiger partial charge on any atom is -0.481 e. The number of carbonyl (C=O) groups is 3. The van der Waals surface area contributed by atoms with Crippen molar-refractivity contribution in [1.82, 2.24) is 16.1 Å². The SMILES string of the molecule is CC(C)C(CC(=O)O)NC(=O)CNC(=O)c1cccc(N=CNN)c1. The van der Waals surface area contributed by atoms with E-state index in [9.17, 15) is 14.4 Å². The first-order valence-corrected chi connectivity index (χ1v) is 7.71. The third-order valence-corrected chi connectivity index (χ3v) is 3.35. The highest BCUT2D eigenvalue weighted by Gasteiger charge is 2.19. The summed E-state index contributed by atoms with van der Waals surface area (Å²) in [5.74, 6) is 3.17. The molecule has 1 unspecified atom stereocenters. The van der Waals surface area contributed by atoms with Gasteiger partial charge in [0.2, 0.25) is 5.91 Å². The number of hydrazine groups is 1. The van der Waals surface area contributed by atoms with Crippen molar-refractivity contribution in [2.24, 2.45) is 16.8 Å². The van der Waals surface area contributed by atoms with E-state index in [2.05, 4.69) is 21.1 Å². The van der Waals surface area contributed by atoms with Gasteiger partial charge in [0, 0.05) is 11.6 Å². The molecule has 0 heterocycles. The second-order valence-electron chi connectivity index (χ2n) is 5.67. The van der Waals surface area contributed by atoms with Crippen LogP contribution in [0.25, 0.3) is 0 Å². The number of carboxylic acids is 1. The Kier molecular flexibility index (Phi) is 8.07. The Hall–Kier alpha value is -2.94. The van der Waals surface area contributed by atoms with Crippen molar-refractivity contribution in [2.75, 3.05) is 6.54 Å². The van der Waals surface area contributed by atoms with Crippen molar-refractivity contribution in [3.8, 4) is 0 Å². The van der Waals surface area contributed by atoms with E-state index in [1.54, 1.807) is 24.3 Å². The van der Waals surface area contributed by atoms with Crippen molar-refractivity contribution in [3.63, 3.8) is 0 Å². The highest BCUT2D eigenvalue weighted by atomic mass is 16.4. The molecule has 0 aliphatic heterocycles. The molecule has 0 fully saturated rings. The van der Waals surface area contributed by atoms with E-state index in [4.69, 9.17) is 10.9 Å². The van der Waals surface area contributed by atoms with Gasteiger partial charge in [-0.1, -0.05) is 19.9 Å². The Morgan fingerprint density at radius 1 is 1.32 bits per heavy atom. The zero-order valence-electron chi connectivity index (χ0n) is 14.2. The number of nitrogens with one attached hydrogen (secondary N) is 3. The minimum atomic E-state index is -0.993. The summed E-state index contributed by atoms with van der Waals surface area (Å²) in [5, 5.41) is 14.0. The maximum Gasteiger partial charge on any atom is 0.305 e. The monoisotopic (exact) mass is 349 g/mol. The molecule has 25 heavy (non-hydrogen) atoms. The minimum absolute atomic E-state index is 0.0403. The average Bonchev–Trinajstić information content (AvgIpc) is 2.57. The molecule has 1 aromatic carbocycles. The summed E-state index contributed by atoms with van der Waals surface area (Å²) in [6.45, 7) is 3.38. The number of hydrogen-bond acceptors (Lipinski definition) is 5. The Balaban J connectivity index is 2.59. The van der Waals surface area contributed by atoms with Crippen molar-refractivity contribution in [2.45, 2.75) is 26.3 Å².